The fourth-order valence-corrected chi connectivity index (χ4v) is 8.28. The van der Waals surface area contributed by atoms with Gasteiger partial charge < -0.3 is 25.2 Å². The van der Waals surface area contributed by atoms with Crippen LogP contribution >= 0.6 is 7.82 Å². The molecular formula is C50H96NO10P. The van der Waals surface area contributed by atoms with Gasteiger partial charge in [0, 0.05) is 12.8 Å². The van der Waals surface area contributed by atoms with E-state index in [2.05, 4.69) is 24.4 Å². The molecular weight excluding hydrogens is 806 g/mol. The number of aliphatic carboxylic acids is 1. The lowest BCUT2D eigenvalue weighted by molar-refractivity contribution is -0.161. The Labute approximate surface area is 379 Å². The van der Waals surface area contributed by atoms with Crippen LogP contribution in [-0.4, -0.2) is 59.9 Å². The highest BCUT2D eigenvalue weighted by atomic mass is 31.2. The first-order valence-corrected chi connectivity index (χ1v) is 27.2. The Hall–Kier alpha value is -1.78. The monoisotopic (exact) mass is 902 g/mol. The summed E-state index contributed by atoms with van der Waals surface area (Å²) < 4.78 is 32.8. The van der Waals surface area contributed by atoms with Crippen LogP contribution in [0.2, 0.25) is 0 Å². The third kappa shape index (κ3) is 44.8. The molecule has 0 spiro atoms. The van der Waals surface area contributed by atoms with Crippen LogP contribution in [0.25, 0.3) is 0 Å². The van der Waals surface area contributed by atoms with Crippen LogP contribution in [0.15, 0.2) is 12.2 Å². The molecule has 0 bridgehead atoms. The fourth-order valence-electron chi connectivity index (χ4n) is 7.50. The van der Waals surface area contributed by atoms with Gasteiger partial charge in [0.25, 0.3) is 0 Å². The minimum Gasteiger partial charge on any atom is -0.480 e. The molecule has 0 fully saturated rings. The molecule has 0 amide bonds. The Morgan fingerprint density at radius 1 is 0.484 bits per heavy atom. The second kappa shape index (κ2) is 45.8. The number of carbonyl (C=O) groups is 3. The van der Waals surface area contributed by atoms with E-state index < -0.39 is 51.1 Å². The first-order chi connectivity index (χ1) is 30.1. The highest BCUT2D eigenvalue weighted by molar-refractivity contribution is 7.47. The summed E-state index contributed by atoms with van der Waals surface area (Å²) in [6.45, 7) is 2.82. The van der Waals surface area contributed by atoms with Crippen molar-refractivity contribution in [2.45, 2.75) is 270 Å². The Bertz CT molecular complexity index is 1110. The minimum atomic E-state index is -4.72. The molecule has 0 aromatic heterocycles. The van der Waals surface area contributed by atoms with E-state index in [1.807, 2.05) is 6.08 Å². The summed E-state index contributed by atoms with van der Waals surface area (Å²) in [4.78, 5) is 46.1. The van der Waals surface area contributed by atoms with Crippen LogP contribution in [-0.2, 0) is 37.5 Å². The third-order valence-corrected chi connectivity index (χ3v) is 12.5. The molecule has 0 aromatic rings. The fraction of sp³-hybridized carbons (Fsp3) is 0.900. The largest absolute Gasteiger partial charge is 0.480 e. The maximum absolute atomic E-state index is 12.7. The maximum Gasteiger partial charge on any atom is 0.472 e. The molecule has 0 radical (unpaired) electrons. The van der Waals surface area contributed by atoms with E-state index in [-0.39, 0.29) is 19.4 Å². The molecule has 366 valence electrons. The molecule has 1 unspecified atom stereocenters. The molecule has 3 atom stereocenters. The second-order valence-corrected chi connectivity index (χ2v) is 19.1. The highest BCUT2D eigenvalue weighted by Crippen LogP contribution is 2.43. The van der Waals surface area contributed by atoms with Crippen molar-refractivity contribution < 1.29 is 47.5 Å². The lowest BCUT2D eigenvalue weighted by Crippen LogP contribution is -2.34. The van der Waals surface area contributed by atoms with Gasteiger partial charge in [-0.05, 0) is 25.7 Å². The van der Waals surface area contributed by atoms with Gasteiger partial charge >= 0.3 is 25.7 Å². The van der Waals surface area contributed by atoms with Crippen LogP contribution in [0.3, 0.4) is 0 Å². The quantitative estimate of drug-likeness (QED) is 0.0230. The summed E-state index contributed by atoms with van der Waals surface area (Å²) in [5.41, 5.74) is 5.35. The SMILES string of the molecule is CCCCCCCCCCCCC/C=C/CCC(=O)OC[C@@H](COP(=O)(O)OC[C@H](N)C(=O)O)OC(=O)CCCCCCCCCCCCCCCCCCCCCCCCC. The Morgan fingerprint density at radius 3 is 1.24 bits per heavy atom. The topological polar surface area (TPSA) is 172 Å². The van der Waals surface area contributed by atoms with E-state index in [1.165, 1.54) is 186 Å². The summed E-state index contributed by atoms with van der Waals surface area (Å²) >= 11 is 0. The van der Waals surface area contributed by atoms with E-state index >= 15 is 0 Å². The van der Waals surface area contributed by atoms with Gasteiger partial charge in [-0.2, -0.15) is 0 Å². The number of hydrogen-bond donors (Lipinski definition) is 3. The summed E-state index contributed by atoms with van der Waals surface area (Å²) in [5.74, 6) is -2.42. The second-order valence-electron chi connectivity index (χ2n) is 17.7. The average Bonchev–Trinajstić information content (AvgIpc) is 3.25. The third-order valence-electron chi connectivity index (χ3n) is 11.5. The van der Waals surface area contributed by atoms with E-state index in [9.17, 15) is 23.8 Å². The number of allylic oxidation sites excluding steroid dienone is 2. The first-order valence-electron chi connectivity index (χ1n) is 25.7. The van der Waals surface area contributed by atoms with Gasteiger partial charge in [-0.3, -0.25) is 23.4 Å². The Kier molecular flexibility index (Phi) is 44.5. The number of carboxylic acids is 1. The first kappa shape index (κ1) is 60.2. The van der Waals surface area contributed by atoms with Crippen molar-refractivity contribution >= 4 is 25.7 Å². The predicted octanol–water partition coefficient (Wildman–Crippen LogP) is 14.4. The van der Waals surface area contributed by atoms with E-state index in [0.29, 0.717) is 12.8 Å². The number of carboxylic acid groups (broad SMARTS) is 1. The summed E-state index contributed by atoms with van der Waals surface area (Å²) in [5, 5.41) is 8.91. The molecule has 0 saturated carbocycles. The number of unbranched alkanes of at least 4 members (excludes halogenated alkanes) is 33. The molecule has 0 heterocycles. The number of phosphoric ester groups is 1. The zero-order chi connectivity index (χ0) is 45.6. The molecule has 62 heavy (non-hydrogen) atoms. The van der Waals surface area contributed by atoms with Gasteiger partial charge in [0.05, 0.1) is 13.2 Å². The normalized spacial score (nSPS) is 13.6. The van der Waals surface area contributed by atoms with Gasteiger partial charge in [-0.1, -0.05) is 231 Å². The molecule has 0 saturated heterocycles. The van der Waals surface area contributed by atoms with Crippen LogP contribution in [0.1, 0.15) is 258 Å². The van der Waals surface area contributed by atoms with Crippen molar-refractivity contribution in [1.82, 2.24) is 0 Å². The van der Waals surface area contributed by atoms with E-state index in [4.69, 9.17) is 24.8 Å². The van der Waals surface area contributed by atoms with Crippen LogP contribution in [0.5, 0.6) is 0 Å². The molecule has 0 aliphatic rings. The van der Waals surface area contributed by atoms with Crippen LogP contribution < -0.4 is 5.73 Å². The summed E-state index contributed by atoms with van der Waals surface area (Å²) in [6, 6.07) is -1.52. The Balaban J connectivity index is 4.20. The number of ether oxygens (including phenoxy) is 2. The van der Waals surface area contributed by atoms with Crippen molar-refractivity contribution in [3.05, 3.63) is 12.2 Å². The van der Waals surface area contributed by atoms with Crippen LogP contribution in [0.4, 0.5) is 0 Å². The number of phosphoric acid groups is 1. The number of esters is 2. The molecule has 0 aliphatic carbocycles. The molecule has 4 N–H and O–H groups in total. The summed E-state index contributed by atoms with van der Waals surface area (Å²) in [6.07, 6.45) is 48.7. The zero-order valence-corrected chi connectivity index (χ0v) is 40.9. The van der Waals surface area contributed by atoms with Crippen LogP contribution in [0, 0.1) is 0 Å². The van der Waals surface area contributed by atoms with Crippen molar-refractivity contribution in [3.63, 3.8) is 0 Å². The van der Waals surface area contributed by atoms with Gasteiger partial charge in [0.2, 0.25) is 0 Å². The lowest BCUT2D eigenvalue weighted by atomic mass is 10.0. The number of nitrogens with two attached hydrogens (primary N) is 1. The summed E-state index contributed by atoms with van der Waals surface area (Å²) in [7, 11) is -4.72. The lowest BCUT2D eigenvalue weighted by Gasteiger charge is -2.20. The molecule has 0 rings (SSSR count). The number of rotatable bonds is 49. The van der Waals surface area contributed by atoms with Crippen molar-refractivity contribution in [2.24, 2.45) is 5.73 Å². The van der Waals surface area contributed by atoms with E-state index in [0.717, 1.165) is 32.1 Å². The van der Waals surface area contributed by atoms with Crippen molar-refractivity contribution in [2.75, 3.05) is 19.8 Å². The smallest absolute Gasteiger partial charge is 0.472 e. The van der Waals surface area contributed by atoms with E-state index in [1.54, 1.807) is 0 Å². The van der Waals surface area contributed by atoms with Gasteiger partial charge in [0.15, 0.2) is 6.10 Å². The van der Waals surface area contributed by atoms with Crippen molar-refractivity contribution in [1.29, 1.82) is 0 Å². The maximum atomic E-state index is 12.7. The zero-order valence-electron chi connectivity index (χ0n) is 40.0. The molecule has 11 nitrogen and oxygen atoms in total. The number of carbonyl (C=O) groups excluding carboxylic acids is 2. The van der Waals surface area contributed by atoms with Gasteiger partial charge in [0.1, 0.15) is 12.6 Å². The molecule has 0 aromatic carbocycles. The highest BCUT2D eigenvalue weighted by Gasteiger charge is 2.28. The van der Waals surface area contributed by atoms with Gasteiger partial charge in [-0.15, -0.1) is 0 Å². The minimum absolute atomic E-state index is 0.143. The molecule has 0 aliphatic heterocycles. The average molecular weight is 902 g/mol. The standard InChI is InChI=1S/C50H96NO10P/c1-3-5-7-9-11-13-15-17-19-20-21-22-23-24-25-26-28-30-32-34-36-38-40-42-49(53)61-46(44-59-62(56,57)60-45-47(51)50(54)55)43-58-48(52)41-39-37-35-33-31-29-27-18-16-14-12-10-8-6-4-2/h35,37,46-47H,3-34,36,38-45,51H2,1-2H3,(H,54,55)(H,56,57)/b37-35+/t46-,47-/m0/s1. The molecule has 12 heteroatoms. The Morgan fingerprint density at radius 2 is 0.839 bits per heavy atom. The van der Waals surface area contributed by atoms with Crippen molar-refractivity contribution in [3.8, 4) is 0 Å². The predicted molar refractivity (Wildman–Crippen MR) is 254 cm³/mol. The van der Waals surface area contributed by atoms with Gasteiger partial charge in [-0.25, -0.2) is 4.57 Å². The number of hydrogen-bond acceptors (Lipinski definition) is 9.